The Labute approximate surface area is 105 Å². The van der Waals surface area contributed by atoms with Gasteiger partial charge in [0.1, 0.15) is 5.69 Å². The number of hydrogen-bond donors (Lipinski definition) is 1. The van der Waals surface area contributed by atoms with Gasteiger partial charge >= 0.3 is 0 Å². The van der Waals surface area contributed by atoms with Crippen molar-refractivity contribution in [2.45, 2.75) is 38.6 Å². The third-order valence-corrected chi connectivity index (χ3v) is 3.36. The van der Waals surface area contributed by atoms with Gasteiger partial charge in [-0.2, -0.15) is 5.10 Å². The van der Waals surface area contributed by atoms with Crippen molar-refractivity contribution in [2.75, 3.05) is 0 Å². The van der Waals surface area contributed by atoms with E-state index >= 15 is 0 Å². The quantitative estimate of drug-likeness (QED) is 0.874. The molecular weight excluding hydrogens is 228 g/mol. The van der Waals surface area contributed by atoms with Crippen molar-refractivity contribution in [3.05, 3.63) is 29.7 Å². The number of carbonyl (C=O) groups excluding carboxylic acids is 1. The van der Waals surface area contributed by atoms with Crippen LogP contribution in [0.25, 0.3) is 5.65 Å². The van der Waals surface area contributed by atoms with Crippen LogP contribution in [0.2, 0.25) is 0 Å². The molecule has 1 fully saturated rings. The normalized spacial score (nSPS) is 16.3. The second kappa shape index (κ2) is 4.40. The van der Waals surface area contributed by atoms with E-state index in [1.165, 1.54) is 12.8 Å². The number of nitrogens with zero attached hydrogens (tertiary/aromatic N) is 3. The molecule has 1 N–H and O–H groups in total. The Morgan fingerprint density at radius 2 is 2.17 bits per heavy atom. The maximum atomic E-state index is 12.0. The zero-order chi connectivity index (χ0) is 12.5. The topological polar surface area (TPSA) is 59.3 Å². The minimum atomic E-state index is -0.0878. The van der Waals surface area contributed by atoms with Crippen molar-refractivity contribution in [2.24, 2.45) is 0 Å². The van der Waals surface area contributed by atoms with Crippen LogP contribution in [0.1, 0.15) is 41.9 Å². The van der Waals surface area contributed by atoms with Crippen LogP contribution in [0.3, 0.4) is 0 Å². The Morgan fingerprint density at radius 1 is 1.39 bits per heavy atom. The molecule has 3 rings (SSSR count). The van der Waals surface area contributed by atoms with E-state index in [4.69, 9.17) is 0 Å². The molecule has 5 heteroatoms. The SMILES string of the molecule is Cc1cn2nc(C(=O)NC3CCCC3)ccc2n1. The molecule has 1 saturated carbocycles. The second-order valence-corrected chi connectivity index (χ2v) is 4.86. The first-order valence-electron chi connectivity index (χ1n) is 6.36. The highest BCUT2D eigenvalue weighted by Crippen LogP contribution is 2.18. The number of amides is 1. The molecule has 2 aromatic heterocycles. The molecule has 0 unspecified atom stereocenters. The van der Waals surface area contributed by atoms with Crippen LogP contribution in [0.4, 0.5) is 0 Å². The molecule has 0 aromatic carbocycles. The maximum Gasteiger partial charge on any atom is 0.271 e. The lowest BCUT2D eigenvalue weighted by Gasteiger charge is -2.11. The summed E-state index contributed by atoms with van der Waals surface area (Å²) in [7, 11) is 0. The smallest absolute Gasteiger partial charge is 0.271 e. The van der Waals surface area contributed by atoms with Gasteiger partial charge in [0.05, 0.1) is 11.9 Å². The Kier molecular flexibility index (Phi) is 2.74. The van der Waals surface area contributed by atoms with Gasteiger partial charge in [0, 0.05) is 6.04 Å². The third kappa shape index (κ3) is 2.08. The number of carbonyl (C=O) groups is 1. The van der Waals surface area contributed by atoms with E-state index in [-0.39, 0.29) is 5.91 Å². The molecule has 0 atom stereocenters. The van der Waals surface area contributed by atoms with Gasteiger partial charge in [0.2, 0.25) is 0 Å². The zero-order valence-electron chi connectivity index (χ0n) is 10.4. The Hall–Kier alpha value is -1.91. The number of aryl methyl sites for hydroxylation is 1. The molecule has 94 valence electrons. The van der Waals surface area contributed by atoms with Gasteiger partial charge < -0.3 is 5.32 Å². The van der Waals surface area contributed by atoms with E-state index in [1.807, 2.05) is 19.2 Å². The lowest BCUT2D eigenvalue weighted by Crippen LogP contribution is -2.33. The molecule has 1 aliphatic rings. The summed E-state index contributed by atoms with van der Waals surface area (Å²) in [4.78, 5) is 16.3. The second-order valence-electron chi connectivity index (χ2n) is 4.86. The molecule has 2 aromatic rings. The van der Waals surface area contributed by atoms with E-state index in [1.54, 1.807) is 10.6 Å². The van der Waals surface area contributed by atoms with Crippen LogP contribution in [0.15, 0.2) is 18.3 Å². The van der Waals surface area contributed by atoms with Gasteiger partial charge in [0.15, 0.2) is 5.65 Å². The molecule has 0 spiro atoms. The van der Waals surface area contributed by atoms with Gasteiger partial charge in [-0.15, -0.1) is 0 Å². The van der Waals surface area contributed by atoms with Crippen molar-refractivity contribution in [3.63, 3.8) is 0 Å². The highest BCUT2D eigenvalue weighted by Gasteiger charge is 2.18. The van der Waals surface area contributed by atoms with Crippen LogP contribution in [0.5, 0.6) is 0 Å². The fourth-order valence-electron chi connectivity index (χ4n) is 2.45. The van der Waals surface area contributed by atoms with Gasteiger partial charge in [0.25, 0.3) is 5.91 Å². The number of hydrogen-bond acceptors (Lipinski definition) is 3. The van der Waals surface area contributed by atoms with Crippen LogP contribution >= 0.6 is 0 Å². The zero-order valence-corrected chi connectivity index (χ0v) is 10.4. The number of fused-ring (bicyclic) bond motifs is 1. The van der Waals surface area contributed by atoms with Crippen molar-refractivity contribution in [1.29, 1.82) is 0 Å². The minimum Gasteiger partial charge on any atom is -0.348 e. The summed E-state index contributed by atoms with van der Waals surface area (Å²) in [5, 5.41) is 7.31. The average Bonchev–Trinajstić information content (AvgIpc) is 2.95. The first kappa shape index (κ1) is 11.2. The Bertz CT molecular complexity index is 584. The van der Waals surface area contributed by atoms with Gasteiger partial charge in [-0.25, -0.2) is 9.50 Å². The predicted molar refractivity (Wildman–Crippen MR) is 67.4 cm³/mol. The van der Waals surface area contributed by atoms with Crippen LogP contribution in [-0.2, 0) is 0 Å². The Morgan fingerprint density at radius 3 is 2.94 bits per heavy atom. The van der Waals surface area contributed by atoms with E-state index in [9.17, 15) is 4.79 Å². The number of nitrogens with one attached hydrogen (secondary N) is 1. The summed E-state index contributed by atoms with van der Waals surface area (Å²) >= 11 is 0. The van der Waals surface area contributed by atoms with Crippen LogP contribution in [-0.4, -0.2) is 26.5 Å². The van der Waals surface area contributed by atoms with Crippen molar-refractivity contribution < 1.29 is 4.79 Å². The predicted octanol–water partition coefficient (Wildman–Crippen LogP) is 1.71. The molecule has 0 aliphatic heterocycles. The lowest BCUT2D eigenvalue weighted by atomic mass is 10.2. The first-order valence-corrected chi connectivity index (χ1v) is 6.36. The summed E-state index contributed by atoms with van der Waals surface area (Å²) in [6, 6.07) is 3.87. The van der Waals surface area contributed by atoms with E-state index < -0.39 is 0 Å². The fraction of sp³-hybridized carbons (Fsp3) is 0.462. The van der Waals surface area contributed by atoms with E-state index in [2.05, 4.69) is 15.4 Å². The standard InChI is InChI=1S/C13H16N4O/c1-9-8-17-12(14-9)7-6-11(16-17)13(18)15-10-4-2-3-5-10/h6-8,10H,2-5H2,1H3,(H,15,18). The van der Waals surface area contributed by atoms with E-state index in [0.29, 0.717) is 11.7 Å². The van der Waals surface area contributed by atoms with Gasteiger partial charge in [-0.05, 0) is 31.9 Å². The minimum absolute atomic E-state index is 0.0878. The van der Waals surface area contributed by atoms with Crippen molar-refractivity contribution in [3.8, 4) is 0 Å². The van der Waals surface area contributed by atoms with Crippen LogP contribution < -0.4 is 5.32 Å². The summed E-state index contributed by atoms with van der Waals surface area (Å²) < 4.78 is 1.65. The van der Waals surface area contributed by atoms with Crippen molar-refractivity contribution >= 4 is 11.6 Å². The lowest BCUT2D eigenvalue weighted by molar-refractivity contribution is 0.0931. The summed E-state index contributed by atoms with van der Waals surface area (Å²) in [5.41, 5.74) is 2.12. The van der Waals surface area contributed by atoms with Crippen LogP contribution in [0, 0.1) is 6.92 Å². The largest absolute Gasteiger partial charge is 0.348 e. The summed E-state index contributed by atoms with van der Waals surface area (Å²) in [6.07, 6.45) is 6.40. The van der Waals surface area contributed by atoms with Gasteiger partial charge in [-0.3, -0.25) is 4.79 Å². The highest BCUT2D eigenvalue weighted by molar-refractivity contribution is 5.92. The van der Waals surface area contributed by atoms with E-state index in [0.717, 1.165) is 24.2 Å². The molecule has 0 saturated heterocycles. The van der Waals surface area contributed by atoms with Gasteiger partial charge in [-0.1, -0.05) is 12.8 Å². The maximum absolute atomic E-state index is 12.0. The monoisotopic (exact) mass is 244 g/mol. The molecule has 2 heterocycles. The molecule has 0 bridgehead atoms. The highest BCUT2D eigenvalue weighted by atomic mass is 16.2. The summed E-state index contributed by atoms with van der Waals surface area (Å²) in [5.74, 6) is -0.0878. The summed E-state index contributed by atoms with van der Waals surface area (Å²) in [6.45, 7) is 1.91. The fourth-order valence-corrected chi connectivity index (χ4v) is 2.45. The molecular formula is C13H16N4O. The molecule has 18 heavy (non-hydrogen) atoms. The Balaban J connectivity index is 1.81. The molecule has 5 nitrogen and oxygen atoms in total. The molecule has 1 amide bonds. The molecule has 1 aliphatic carbocycles. The first-order chi connectivity index (χ1) is 8.72. The van der Waals surface area contributed by atoms with Crippen molar-refractivity contribution in [1.82, 2.24) is 19.9 Å². The number of aromatic nitrogens is 3. The third-order valence-electron chi connectivity index (χ3n) is 3.36. The number of imidazole rings is 1. The number of rotatable bonds is 2. The molecule has 0 radical (unpaired) electrons. The average molecular weight is 244 g/mol.